The number of benzene rings is 1. The highest BCUT2D eigenvalue weighted by molar-refractivity contribution is 5.95. The van der Waals surface area contributed by atoms with E-state index in [4.69, 9.17) is 4.98 Å². The first-order valence-electron chi connectivity index (χ1n) is 11.7. The number of piperidine rings is 1. The Morgan fingerprint density at radius 3 is 2.53 bits per heavy atom. The van der Waals surface area contributed by atoms with Crippen LogP contribution in [0, 0.1) is 6.92 Å². The quantitative estimate of drug-likeness (QED) is 0.398. The number of pyridine rings is 3. The minimum atomic E-state index is -0.165. The van der Waals surface area contributed by atoms with E-state index >= 15 is 0 Å². The second-order valence-electron chi connectivity index (χ2n) is 9.09. The van der Waals surface area contributed by atoms with Crippen molar-refractivity contribution in [1.82, 2.24) is 19.9 Å². The lowest BCUT2D eigenvalue weighted by Gasteiger charge is -2.29. The topological polar surface area (TPSA) is 85.9 Å². The lowest BCUT2D eigenvalue weighted by atomic mass is 9.89. The summed E-state index contributed by atoms with van der Waals surface area (Å²) in [4.78, 5) is 27.2. The van der Waals surface area contributed by atoms with Gasteiger partial charge in [-0.15, -0.1) is 0 Å². The maximum absolute atomic E-state index is 12.7. The molecule has 0 unspecified atom stereocenters. The van der Waals surface area contributed by atoms with Crippen LogP contribution in [0.1, 0.15) is 29.9 Å². The minimum Gasteiger partial charge on any atom is -0.373 e. The molecule has 1 fully saturated rings. The van der Waals surface area contributed by atoms with Gasteiger partial charge in [-0.05, 0) is 92.7 Å². The number of aryl methyl sites for hydroxylation is 1. The van der Waals surface area contributed by atoms with Gasteiger partial charge in [-0.25, -0.2) is 9.97 Å². The van der Waals surface area contributed by atoms with Gasteiger partial charge in [-0.2, -0.15) is 0 Å². The van der Waals surface area contributed by atoms with Gasteiger partial charge in [0.1, 0.15) is 11.6 Å². The van der Waals surface area contributed by atoms with Crippen LogP contribution in [0.5, 0.6) is 0 Å². The van der Waals surface area contributed by atoms with Gasteiger partial charge in [-0.1, -0.05) is 12.1 Å². The van der Waals surface area contributed by atoms with Crippen molar-refractivity contribution < 1.29 is 0 Å². The SMILES string of the molecule is CNc1ncc(-c2cc3cc[nH]c(=O)c3c(Nc3ccc(C4CCN(C)CC4)cc3)n2)cc1C. The van der Waals surface area contributed by atoms with Crippen molar-refractivity contribution in [2.45, 2.75) is 25.7 Å². The fourth-order valence-electron chi connectivity index (χ4n) is 4.75. The zero-order valence-corrected chi connectivity index (χ0v) is 19.9. The van der Waals surface area contributed by atoms with Crippen LogP contribution < -0.4 is 16.2 Å². The molecule has 0 bridgehead atoms. The normalized spacial score (nSPS) is 14.9. The number of fused-ring (bicyclic) bond motifs is 1. The first-order valence-corrected chi connectivity index (χ1v) is 11.7. The van der Waals surface area contributed by atoms with E-state index in [1.54, 1.807) is 12.4 Å². The highest BCUT2D eigenvalue weighted by Crippen LogP contribution is 2.31. The molecule has 0 atom stereocenters. The molecule has 3 N–H and O–H groups in total. The number of nitrogens with one attached hydrogen (secondary N) is 3. The van der Waals surface area contributed by atoms with Gasteiger partial charge in [0.25, 0.3) is 5.56 Å². The second-order valence-corrected chi connectivity index (χ2v) is 9.09. The van der Waals surface area contributed by atoms with E-state index in [9.17, 15) is 4.79 Å². The molecule has 0 spiro atoms. The Hall–Kier alpha value is -3.71. The molecule has 0 saturated carbocycles. The van der Waals surface area contributed by atoms with E-state index < -0.39 is 0 Å². The molecule has 5 rings (SSSR count). The zero-order chi connectivity index (χ0) is 23.7. The number of nitrogens with zero attached hydrogens (tertiary/aromatic N) is 3. The summed E-state index contributed by atoms with van der Waals surface area (Å²) in [6, 6.07) is 14.4. The molecule has 1 aromatic carbocycles. The average molecular weight is 455 g/mol. The maximum Gasteiger partial charge on any atom is 0.259 e. The van der Waals surface area contributed by atoms with E-state index in [-0.39, 0.29) is 5.56 Å². The van der Waals surface area contributed by atoms with Crippen LogP contribution in [0.25, 0.3) is 22.0 Å². The van der Waals surface area contributed by atoms with Gasteiger partial charge in [0, 0.05) is 30.7 Å². The first-order chi connectivity index (χ1) is 16.5. The molecule has 0 radical (unpaired) electrons. The smallest absolute Gasteiger partial charge is 0.259 e. The molecular formula is C27H30N6O. The summed E-state index contributed by atoms with van der Waals surface area (Å²) in [7, 11) is 4.04. The lowest BCUT2D eigenvalue weighted by molar-refractivity contribution is 0.255. The van der Waals surface area contributed by atoms with Crippen LogP contribution in [0.4, 0.5) is 17.3 Å². The lowest BCUT2D eigenvalue weighted by Crippen LogP contribution is -2.29. The second kappa shape index (κ2) is 9.27. The number of rotatable bonds is 5. The van der Waals surface area contributed by atoms with E-state index in [0.29, 0.717) is 17.1 Å². The standard InChI is InChI=1S/C27H30N6O/c1-17-14-21(16-30-25(17)28-2)23-15-20-8-11-29-27(34)24(20)26(32-23)31-22-6-4-18(5-7-22)19-9-12-33(3)13-10-19/h4-8,11,14-16,19H,9-10,12-13H2,1-3H3,(H,28,30)(H,29,34)(H,31,32). The molecular weight excluding hydrogens is 424 g/mol. The summed E-state index contributed by atoms with van der Waals surface area (Å²) in [5.74, 6) is 1.98. The monoisotopic (exact) mass is 454 g/mol. The highest BCUT2D eigenvalue weighted by atomic mass is 16.1. The molecule has 4 heterocycles. The summed E-state index contributed by atoms with van der Waals surface area (Å²) in [6.07, 6.45) is 5.85. The predicted molar refractivity (Wildman–Crippen MR) is 139 cm³/mol. The first kappa shape index (κ1) is 22.1. The van der Waals surface area contributed by atoms with Crippen molar-refractivity contribution in [2.24, 2.45) is 0 Å². The van der Waals surface area contributed by atoms with Gasteiger partial charge < -0.3 is 20.5 Å². The molecule has 0 amide bonds. The molecule has 1 aliphatic heterocycles. The van der Waals surface area contributed by atoms with Crippen LogP contribution in [-0.4, -0.2) is 47.0 Å². The average Bonchev–Trinajstić information content (AvgIpc) is 2.85. The van der Waals surface area contributed by atoms with Crippen LogP contribution in [0.3, 0.4) is 0 Å². The summed E-state index contributed by atoms with van der Waals surface area (Å²) >= 11 is 0. The van der Waals surface area contributed by atoms with Crippen molar-refractivity contribution in [1.29, 1.82) is 0 Å². The van der Waals surface area contributed by atoms with E-state index in [1.165, 1.54) is 18.4 Å². The molecule has 7 heteroatoms. The fraction of sp³-hybridized carbons (Fsp3) is 0.296. The Balaban J connectivity index is 1.50. The minimum absolute atomic E-state index is 0.165. The Labute approximate surface area is 199 Å². The van der Waals surface area contributed by atoms with Crippen LogP contribution in [0.15, 0.2) is 59.7 Å². The number of anilines is 3. The van der Waals surface area contributed by atoms with Gasteiger partial charge >= 0.3 is 0 Å². The molecule has 7 nitrogen and oxygen atoms in total. The Morgan fingerprint density at radius 1 is 1.06 bits per heavy atom. The van der Waals surface area contributed by atoms with Gasteiger partial charge in [-0.3, -0.25) is 4.79 Å². The number of hydrogen-bond acceptors (Lipinski definition) is 6. The Bertz CT molecular complexity index is 1370. The summed E-state index contributed by atoms with van der Waals surface area (Å²) in [6.45, 7) is 4.29. The van der Waals surface area contributed by atoms with Gasteiger partial charge in [0.05, 0.1) is 11.1 Å². The van der Waals surface area contributed by atoms with Crippen molar-refractivity contribution in [3.05, 3.63) is 76.3 Å². The van der Waals surface area contributed by atoms with Crippen LogP contribution >= 0.6 is 0 Å². The number of H-pyrrole nitrogens is 1. The van der Waals surface area contributed by atoms with Crippen molar-refractivity contribution in [3.8, 4) is 11.3 Å². The number of likely N-dealkylation sites (tertiary alicyclic amines) is 1. The molecule has 4 aromatic rings. The molecule has 174 valence electrons. The van der Waals surface area contributed by atoms with Gasteiger partial charge in [0.2, 0.25) is 0 Å². The Morgan fingerprint density at radius 2 is 1.82 bits per heavy atom. The zero-order valence-electron chi connectivity index (χ0n) is 19.9. The molecule has 1 saturated heterocycles. The van der Waals surface area contributed by atoms with E-state index in [1.807, 2.05) is 26.1 Å². The Kier molecular flexibility index (Phi) is 6.02. The third-order valence-corrected chi connectivity index (χ3v) is 6.73. The van der Waals surface area contributed by atoms with Gasteiger partial charge in [0.15, 0.2) is 0 Å². The molecule has 0 aliphatic carbocycles. The molecule has 1 aliphatic rings. The number of aromatic amines is 1. The number of hydrogen-bond donors (Lipinski definition) is 3. The summed E-state index contributed by atoms with van der Waals surface area (Å²) in [5, 5.41) is 7.87. The maximum atomic E-state index is 12.7. The molecule has 3 aromatic heterocycles. The predicted octanol–water partition coefficient (Wildman–Crippen LogP) is 4.89. The van der Waals surface area contributed by atoms with E-state index in [2.05, 4.69) is 62.9 Å². The van der Waals surface area contributed by atoms with Crippen molar-refractivity contribution in [2.75, 3.05) is 37.8 Å². The molecule has 34 heavy (non-hydrogen) atoms. The van der Waals surface area contributed by atoms with Crippen LogP contribution in [-0.2, 0) is 0 Å². The largest absolute Gasteiger partial charge is 0.373 e. The van der Waals surface area contributed by atoms with Crippen molar-refractivity contribution in [3.63, 3.8) is 0 Å². The van der Waals surface area contributed by atoms with Crippen molar-refractivity contribution >= 4 is 28.1 Å². The fourth-order valence-corrected chi connectivity index (χ4v) is 4.75. The van der Waals surface area contributed by atoms with Crippen LogP contribution in [0.2, 0.25) is 0 Å². The summed E-state index contributed by atoms with van der Waals surface area (Å²) < 4.78 is 0. The highest BCUT2D eigenvalue weighted by Gasteiger charge is 2.18. The third-order valence-electron chi connectivity index (χ3n) is 6.73. The summed E-state index contributed by atoms with van der Waals surface area (Å²) in [5.41, 5.74) is 4.81. The number of aromatic nitrogens is 3. The third kappa shape index (κ3) is 4.39. The van der Waals surface area contributed by atoms with E-state index in [0.717, 1.165) is 46.8 Å².